The van der Waals surface area contributed by atoms with Gasteiger partial charge in [0.25, 0.3) is 0 Å². The molecule has 2 nitrogen and oxygen atoms in total. The Morgan fingerprint density at radius 2 is 2.14 bits per heavy atom. The van der Waals surface area contributed by atoms with Gasteiger partial charge in [-0.15, -0.1) is 0 Å². The molecule has 2 heteroatoms. The lowest BCUT2D eigenvalue weighted by atomic mass is 10.1. The summed E-state index contributed by atoms with van der Waals surface area (Å²) >= 11 is 0. The van der Waals surface area contributed by atoms with E-state index in [9.17, 15) is 0 Å². The maximum absolute atomic E-state index is 5.65. The van der Waals surface area contributed by atoms with E-state index in [1.165, 1.54) is 12.0 Å². The predicted molar refractivity (Wildman–Crippen MR) is 57.0 cm³/mol. The number of nitrogens with one attached hydrogen (secondary N) is 1. The summed E-state index contributed by atoms with van der Waals surface area (Å²) in [5.41, 5.74) is 1.33. The van der Waals surface area contributed by atoms with Crippen molar-refractivity contribution in [3.8, 4) is 0 Å². The molecule has 1 heterocycles. The fourth-order valence-corrected chi connectivity index (χ4v) is 1.84. The van der Waals surface area contributed by atoms with Gasteiger partial charge in [-0.3, -0.25) is 5.32 Å². The third-order valence-corrected chi connectivity index (χ3v) is 2.60. The van der Waals surface area contributed by atoms with Crippen molar-refractivity contribution < 1.29 is 4.74 Å². The van der Waals surface area contributed by atoms with E-state index < -0.39 is 0 Å². The van der Waals surface area contributed by atoms with Gasteiger partial charge in [-0.1, -0.05) is 43.7 Å². The van der Waals surface area contributed by atoms with Crippen LogP contribution in [0.4, 0.5) is 0 Å². The summed E-state index contributed by atoms with van der Waals surface area (Å²) in [6, 6.07) is 10.9. The SMILES string of the molecule is CCCC1N[C@@H](c2ccccc2)CO1. The van der Waals surface area contributed by atoms with E-state index in [-0.39, 0.29) is 6.23 Å². The highest BCUT2D eigenvalue weighted by Crippen LogP contribution is 2.21. The molecule has 1 saturated heterocycles. The predicted octanol–water partition coefficient (Wildman–Crippen LogP) is 2.47. The molecule has 1 aromatic carbocycles. The molecule has 1 unspecified atom stereocenters. The maximum atomic E-state index is 5.65. The van der Waals surface area contributed by atoms with Gasteiger partial charge in [0.15, 0.2) is 0 Å². The zero-order chi connectivity index (χ0) is 9.80. The number of benzene rings is 1. The topological polar surface area (TPSA) is 21.3 Å². The molecule has 0 aliphatic carbocycles. The molecule has 1 fully saturated rings. The van der Waals surface area contributed by atoms with E-state index >= 15 is 0 Å². The van der Waals surface area contributed by atoms with E-state index in [0.717, 1.165) is 13.0 Å². The van der Waals surface area contributed by atoms with Gasteiger partial charge >= 0.3 is 0 Å². The normalized spacial score (nSPS) is 26.6. The Morgan fingerprint density at radius 1 is 1.36 bits per heavy atom. The molecule has 1 aromatic rings. The van der Waals surface area contributed by atoms with Crippen LogP contribution in [0.3, 0.4) is 0 Å². The number of ether oxygens (including phenoxy) is 1. The summed E-state index contributed by atoms with van der Waals surface area (Å²) in [4.78, 5) is 0. The Hall–Kier alpha value is -0.860. The Balaban J connectivity index is 1.96. The highest BCUT2D eigenvalue weighted by molar-refractivity contribution is 5.19. The van der Waals surface area contributed by atoms with Crippen LogP contribution in [0.15, 0.2) is 30.3 Å². The van der Waals surface area contributed by atoms with Crippen molar-refractivity contribution in [2.75, 3.05) is 6.61 Å². The van der Waals surface area contributed by atoms with Crippen LogP contribution in [0.25, 0.3) is 0 Å². The van der Waals surface area contributed by atoms with Crippen LogP contribution in [0.1, 0.15) is 31.4 Å². The van der Waals surface area contributed by atoms with Gasteiger partial charge in [-0.05, 0) is 12.0 Å². The molecule has 2 atom stereocenters. The molecule has 0 aromatic heterocycles. The van der Waals surface area contributed by atoms with E-state index in [2.05, 4.69) is 36.5 Å². The molecule has 1 N–H and O–H groups in total. The van der Waals surface area contributed by atoms with E-state index in [1.54, 1.807) is 0 Å². The molecule has 76 valence electrons. The van der Waals surface area contributed by atoms with Crippen molar-refractivity contribution >= 4 is 0 Å². The molecule has 1 aliphatic rings. The summed E-state index contributed by atoms with van der Waals surface area (Å²) < 4.78 is 5.65. The van der Waals surface area contributed by atoms with E-state index in [4.69, 9.17) is 4.74 Å². The van der Waals surface area contributed by atoms with Gasteiger partial charge in [0.2, 0.25) is 0 Å². The molecular formula is C12H17NO. The lowest BCUT2D eigenvalue weighted by molar-refractivity contribution is 0.0927. The summed E-state index contributed by atoms with van der Waals surface area (Å²) in [5, 5.41) is 3.49. The average Bonchev–Trinajstić information content (AvgIpc) is 2.68. The highest BCUT2D eigenvalue weighted by atomic mass is 16.5. The standard InChI is InChI=1S/C12H17NO/c1-2-6-12-13-11(9-14-12)10-7-4-3-5-8-10/h3-5,7-8,11-13H,2,6,9H2,1H3/t11-,12?/m1/s1. The first-order valence-electron chi connectivity index (χ1n) is 5.32. The molecule has 2 rings (SSSR count). The van der Waals surface area contributed by atoms with Gasteiger partial charge < -0.3 is 4.74 Å². The monoisotopic (exact) mass is 191 g/mol. The number of hydrogen-bond donors (Lipinski definition) is 1. The molecule has 14 heavy (non-hydrogen) atoms. The third-order valence-electron chi connectivity index (χ3n) is 2.60. The first-order valence-corrected chi connectivity index (χ1v) is 5.32. The molecule has 1 aliphatic heterocycles. The Kier molecular flexibility index (Phi) is 3.17. The van der Waals surface area contributed by atoms with Crippen molar-refractivity contribution in [2.45, 2.75) is 32.0 Å². The van der Waals surface area contributed by atoms with Gasteiger partial charge in [0, 0.05) is 0 Å². The Labute approximate surface area is 85.3 Å². The van der Waals surface area contributed by atoms with Crippen LogP contribution in [0.2, 0.25) is 0 Å². The Morgan fingerprint density at radius 3 is 2.86 bits per heavy atom. The van der Waals surface area contributed by atoms with Crippen LogP contribution in [0.5, 0.6) is 0 Å². The summed E-state index contributed by atoms with van der Waals surface area (Å²) in [6.45, 7) is 2.98. The average molecular weight is 191 g/mol. The highest BCUT2D eigenvalue weighted by Gasteiger charge is 2.24. The first-order chi connectivity index (χ1) is 6.90. The second kappa shape index (κ2) is 4.58. The molecule has 0 bridgehead atoms. The molecular weight excluding hydrogens is 174 g/mol. The molecule has 0 radical (unpaired) electrons. The fraction of sp³-hybridized carbons (Fsp3) is 0.500. The van der Waals surface area contributed by atoms with Crippen molar-refractivity contribution in [3.05, 3.63) is 35.9 Å². The van der Waals surface area contributed by atoms with Crippen molar-refractivity contribution in [3.63, 3.8) is 0 Å². The summed E-state index contributed by atoms with van der Waals surface area (Å²) in [7, 11) is 0. The second-order valence-electron chi connectivity index (χ2n) is 3.74. The second-order valence-corrected chi connectivity index (χ2v) is 3.74. The maximum Gasteiger partial charge on any atom is 0.108 e. The third kappa shape index (κ3) is 2.14. The van der Waals surface area contributed by atoms with Gasteiger partial charge in [0.1, 0.15) is 6.23 Å². The lowest BCUT2D eigenvalue weighted by Crippen LogP contribution is -2.24. The van der Waals surface area contributed by atoms with E-state index in [1.807, 2.05) is 6.07 Å². The number of rotatable bonds is 3. The molecule has 0 amide bonds. The minimum atomic E-state index is 0.255. The van der Waals surface area contributed by atoms with Crippen LogP contribution in [-0.2, 0) is 4.74 Å². The van der Waals surface area contributed by atoms with Crippen molar-refractivity contribution in [2.24, 2.45) is 0 Å². The van der Waals surface area contributed by atoms with Crippen LogP contribution in [-0.4, -0.2) is 12.8 Å². The zero-order valence-corrected chi connectivity index (χ0v) is 8.57. The summed E-state index contributed by atoms with van der Waals surface area (Å²) in [6.07, 6.45) is 2.52. The fourth-order valence-electron chi connectivity index (χ4n) is 1.84. The van der Waals surface area contributed by atoms with Crippen LogP contribution < -0.4 is 5.32 Å². The smallest absolute Gasteiger partial charge is 0.108 e. The van der Waals surface area contributed by atoms with Gasteiger partial charge in [0.05, 0.1) is 12.6 Å². The first kappa shape index (κ1) is 9.69. The van der Waals surface area contributed by atoms with Crippen LogP contribution >= 0.6 is 0 Å². The minimum absolute atomic E-state index is 0.255. The van der Waals surface area contributed by atoms with Crippen molar-refractivity contribution in [1.29, 1.82) is 0 Å². The molecule has 0 spiro atoms. The lowest BCUT2D eigenvalue weighted by Gasteiger charge is -2.11. The minimum Gasteiger partial charge on any atom is -0.361 e. The molecule has 0 saturated carbocycles. The number of hydrogen-bond acceptors (Lipinski definition) is 2. The zero-order valence-electron chi connectivity index (χ0n) is 8.57. The summed E-state index contributed by atoms with van der Waals surface area (Å²) in [5.74, 6) is 0. The van der Waals surface area contributed by atoms with E-state index in [0.29, 0.717) is 6.04 Å². The van der Waals surface area contributed by atoms with Gasteiger partial charge in [-0.2, -0.15) is 0 Å². The van der Waals surface area contributed by atoms with Crippen molar-refractivity contribution in [1.82, 2.24) is 5.32 Å². The van der Waals surface area contributed by atoms with Crippen LogP contribution in [0, 0.1) is 0 Å². The largest absolute Gasteiger partial charge is 0.361 e. The quantitative estimate of drug-likeness (QED) is 0.792. The Bertz CT molecular complexity index is 273. The van der Waals surface area contributed by atoms with Gasteiger partial charge in [-0.25, -0.2) is 0 Å².